The predicted molar refractivity (Wildman–Crippen MR) is 81.8 cm³/mol. The van der Waals surface area contributed by atoms with E-state index in [0.717, 1.165) is 18.8 Å². The third-order valence-corrected chi connectivity index (χ3v) is 5.13. The Kier molecular flexibility index (Phi) is 5.73. The number of hydrogen-bond acceptors (Lipinski definition) is 2. The lowest BCUT2D eigenvalue weighted by atomic mass is 9.92. The van der Waals surface area contributed by atoms with Crippen molar-refractivity contribution in [1.82, 2.24) is 4.90 Å². The molecule has 110 valence electrons. The molecule has 1 heterocycles. The number of nitrogens with zero attached hydrogens (tertiary/aromatic N) is 1. The minimum atomic E-state index is -0.0374. The van der Waals surface area contributed by atoms with Gasteiger partial charge in [0.15, 0.2) is 0 Å². The molecule has 2 aliphatic carbocycles. The van der Waals surface area contributed by atoms with E-state index in [2.05, 4.69) is 4.90 Å². The van der Waals surface area contributed by atoms with E-state index in [0.29, 0.717) is 0 Å². The summed E-state index contributed by atoms with van der Waals surface area (Å²) in [5, 5.41) is 9.73. The van der Waals surface area contributed by atoms with Crippen LogP contribution in [0.5, 0.6) is 0 Å². The van der Waals surface area contributed by atoms with Gasteiger partial charge in [0, 0.05) is 0 Å². The topological polar surface area (TPSA) is 23.5 Å². The Morgan fingerprint density at radius 2 is 1.74 bits per heavy atom. The summed E-state index contributed by atoms with van der Waals surface area (Å²) in [4.78, 5) is 2.66. The molecule has 0 aromatic heterocycles. The van der Waals surface area contributed by atoms with Crippen LogP contribution in [0.2, 0.25) is 0 Å². The van der Waals surface area contributed by atoms with Gasteiger partial charge in [-0.2, -0.15) is 0 Å². The molecular formula is C16H28ClNO. The first-order valence-corrected chi connectivity index (χ1v) is 7.91. The van der Waals surface area contributed by atoms with E-state index < -0.39 is 0 Å². The lowest BCUT2D eigenvalue weighted by Gasteiger charge is -2.27. The second kappa shape index (κ2) is 7.10. The average Bonchev–Trinajstić information content (AvgIpc) is 2.79. The van der Waals surface area contributed by atoms with Crippen LogP contribution in [0, 0.1) is 5.92 Å². The van der Waals surface area contributed by atoms with Crippen LogP contribution in [-0.2, 0) is 0 Å². The van der Waals surface area contributed by atoms with E-state index in [-0.39, 0.29) is 18.5 Å². The number of hydrogen-bond donors (Lipinski definition) is 1. The Morgan fingerprint density at radius 1 is 1.00 bits per heavy atom. The van der Waals surface area contributed by atoms with Crippen molar-refractivity contribution in [3.63, 3.8) is 0 Å². The SMILES string of the molecule is Cl.OC1CCC2=C(C1)CC(CCN1CCCCC1)C2. The normalized spacial score (nSPS) is 32.1. The van der Waals surface area contributed by atoms with E-state index in [1.54, 1.807) is 11.1 Å². The number of halogens is 1. The zero-order valence-electron chi connectivity index (χ0n) is 11.9. The molecule has 3 heteroatoms. The van der Waals surface area contributed by atoms with Crippen molar-refractivity contribution >= 4 is 12.4 Å². The van der Waals surface area contributed by atoms with Gasteiger partial charge in [0.05, 0.1) is 6.10 Å². The number of piperidine rings is 1. The van der Waals surface area contributed by atoms with E-state index in [1.807, 2.05) is 0 Å². The Balaban J connectivity index is 0.00000133. The summed E-state index contributed by atoms with van der Waals surface area (Å²) in [5.74, 6) is 0.891. The maximum Gasteiger partial charge on any atom is 0.0580 e. The predicted octanol–water partition coefficient (Wildman–Crippen LogP) is 3.54. The lowest BCUT2D eigenvalue weighted by Crippen LogP contribution is -2.31. The van der Waals surface area contributed by atoms with Crippen LogP contribution in [0.3, 0.4) is 0 Å². The molecule has 0 aromatic carbocycles. The molecule has 3 rings (SSSR count). The summed E-state index contributed by atoms with van der Waals surface area (Å²) >= 11 is 0. The quantitative estimate of drug-likeness (QED) is 0.802. The number of aliphatic hydroxyl groups is 1. The fraction of sp³-hybridized carbons (Fsp3) is 0.875. The maximum atomic E-state index is 9.73. The molecule has 1 fully saturated rings. The molecule has 2 atom stereocenters. The number of aliphatic hydroxyl groups excluding tert-OH is 1. The number of likely N-dealkylation sites (tertiary alicyclic amines) is 1. The van der Waals surface area contributed by atoms with Crippen molar-refractivity contribution in [1.29, 1.82) is 0 Å². The standard InChI is InChI=1S/C16H27NO.ClH/c18-16-5-4-14-10-13(11-15(14)12-16)6-9-17-7-2-1-3-8-17;/h13,16,18H,1-12H2;1H. The maximum absolute atomic E-state index is 9.73. The van der Waals surface area contributed by atoms with Crippen LogP contribution in [-0.4, -0.2) is 35.7 Å². The minimum Gasteiger partial charge on any atom is -0.393 e. The molecule has 0 aromatic rings. The third kappa shape index (κ3) is 3.96. The Labute approximate surface area is 123 Å². The second-order valence-electron chi connectivity index (χ2n) is 6.57. The highest BCUT2D eigenvalue weighted by Gasteiger charge is 2.28. The molecule has 19 heavy (non-hydrogen) atoms. The highest BCUT2D eigenvalue weighted by Crippen LogP contribution is 2.41. The van der Waals surface area contributed by atoms with Gasteiger partial charge in [-0.05, 0) is 76.9 Å². The van der Waals surface area contributed by atoms with Gasteiger partial charge in [-0.3, -0.25) is 0 Å². The fourth-order valence-electron chi connectivity index (χ4n) is 4.04. The monoisotopic (exact) mass is 285 g/mol. The van der Waals surface area contributed by atoms with Gasteiger partial charge in [-0.15, -0.1) is 12.4 Å². The molecule has 0 spiro atoms. The van der Waals surface area contributed by atoms with Crippen LogP contribution in [0.25, 0.3) is 0 Å². The van der Waals surface area contributed by atoms with E-state index >= 15 is 0 Å². The van der Waals surface area contributed by atoms with E-state index in [9.17, 15) is 5.11 Å². The van der Waals surface area contributed by atoms with Crippen molar-refractivity contribution in [3.05, 3.63) is 11.1 Å². The molecule has 1 saturated heterocycles. The van der Waals surface area contributed by atoms with Crippen molar-refractivity contribution < 1.29 is 5.11 Å². The summed E-state index contributed by atoms with van der Waals surface area (Å²) in [5.41, 5.74) is 3.33. The lowest BCUT2D eigenvalue weighted by molar-refractivity contribution is 0.158. The highest BCUT2D eigenvalue weighted by atomic mass is 35.5. The van der Waals surface area contributed by atoms with Gasteiger partial charge < -0.3 is 10.0 Å². The smallest absolute Gasteiger partial charge is 0.0580 e. The molecule has 1 N–H and O–H groups in total. The molecule has 0 saturated carbocycles. The number of rotatable bonds is 3. The van der Waals surface area contributed by atoms with Crippen molar-refractivity contribution in [2.45, 2.75) is 63.9 Å². The molecule has 0 radical (unpaired) electrons. The van der Waals surface area contributed by atoms with Gasteiger partial charge in [0.2, 0.25) is 0 Å². The van der Waals surface area contributed by atoms with Crippen molar-refractivity contribution in [2.24, 2.45) is 5.92 Å². The molecule has 3 aliphatic rings. The molecule has 0 bridgehead atoms. The van der Waals surface area contributed by atoms with Crippen molar-refractivity contribution in [3.8, 4) is 0 Å². The molecule has 1 aliphatic heterocycles. The van der Waals surface area contributed by atoms with Crippen LogP contribution in [0.4, 0.5) is 0 Å². The summed E-state index contributed by atoms with van der Waals surface area (Å²) < 4.78 is 0. The first-order chi connectivity index (χ1) is 8.81. The van der Waals surface area contributed by atoms with Crippen LogP contribution in [0.1, 0.15) is 57.8 Å². The van der Waals surface area contributed by atoms with Gasteiger partial charge in [-0.1, -0.05) is 17.6 Å². The largest absolute Gasteiger partial charge is 0.393 e. The zero-order valence-corrected chi connectivity index (χ0v) is 12.8. The van der Waals surface area contributed by atoms with Gasteiger partial charge >= 0.3 is 0 Å². The second-order valence-corrected chi connectivity index (χ2v) is 6.57. The summed E-state index contributed by atoms with van der Waals surface area (Å²) in [6.45, 7) is 3.98. The Bertz CT molecular complexity index is 323. The number of allylic oxidation sites excluding steroid dienone is 1. The first kappa shape index (κ1) is 15.3. The summed E-state index contributed by atoms with van der Waals surface area (Å²) in [6, 6.07) is 0. The third-order valence-electron chi connectivity index (χ3n) is 5.13. The summed E-state index contributed by atoms with van der Waals surface area (Å²) in [6.07, 6.45) is 11.4. The van der Waals surface area contributed by atoms with Crippen LogP contribution in [0.15, 0.2) is 11.1 Å². The zero-order chi connectivity index (χ0) is 12.4. The summed E-state index contributed by atoms with van der Waals surface area (Å²) in [7, 11) is 0. The minimum absolute atomic E-state index is 0. The Hall–Kier alpha value is -0.0500. The first-order valence-electron chi connectivity index (χ1n) is 7.91. The fourth-order valence-corrected chi connectivity index (χ4v) is 4.04. The van der Waals surface area contributed by atoms with E-state index in [1.165, 1.54) is 64.6 Å². The van der Waals surface area contributed by atoms with Crippen molar-refractivity contribution in [2.75, 3.05) is 19.6 Å². The van der Waals surface area contributed by atoms with Gasteiger partial charge in [0.1, 0.15) is 0 Å². The van der Waals surface area contributed by atoms with Crippen LogP contribution >= 0.6 is 12.4 Å². The average molecular weight is 286 g/mol. The van der Waals surface area contributed by atoms with Crippen LogP contribution < -0.4 is 0 Å². The molecule has 2 unspecified atom stereocenters. The Morgan fingerprint density at radius 3 is 2.53 bits per heavy atom. The molecular weight excluding hydrogens is 258 g/mol. The highest BCUT2D eigenvalue weighted by molar-refractivity contribution is 5.85. The van der Waals surface area contributed by atoms with E-state index in [4.69, 9.17) is 0 Å². The van der Waals surface area contributed by atoms with Gasteiger partial charge in [0.25, 0.3) is 0 Å². The molecule has 2 nitrogen and oxygen atoms in total. The van der Waals surface area contributed by atoms with Gasteiger partial charge in [-0.25, -0.2) is 0 Å². The molecule has 0 amide bonds.